The number of anilines is 1. The standard InChI is InChI=1S/C14H20N2O/c1-4-5-12(15)11-7-8(2)6-10-9(3)14(17)16-13(10)11/h6-7,9,12H,4-5,15H2,1-3H3,(H,16,17). The Bertz CT molecular complexity index is 454. The van der Waals surface area contributed by atoms with Crippen molar-refractivity contribution in [1.29, 1.82) is 0 Å². The Kier molecular flexibility index (Phi) is 3.20. The number of aryl methyl sites for hydroxylation is 1. The van der Waals surface area contributed by atoms with Crippen molar-refractivity contribution >= 4 is 11.6 Å². The normalized spacial score (nSPS) is 20.0. The predicted molar refractivity (Wildman–Crippen MR) is 70.1 cm³/mol. The highest BCUT2D eigenvalue weighted by Gasteiger charge is 2.29. The van der Waals surface area contributed by atoms with E-state index in [1.54, 1.807) is 0 Å². The van der Waals surface area contributed by atoms with Gasteiger partial charge in [-0.25, -0.2) is 0 Å². The molecule has 2 unspecified atom stereocenters. The third kappa shape index (κ3) is 2.07. The van der Waals surface area contributed by atoms with Crippen LogP contribution in [0, 0.1) is 6.92 Å². The van der Waals surface area contributed by atoms with Crippen LogP contribution in [0.25, 0.3) is 0 Å². The van der Waals surface area contributed by atoms with Crippen LogP contribution in [0.5, 0.6) is 0 Å². The average Bonchev–Trinajstić information content (AvgIpc) is 2.55. The fraction of sp³-hybridized carbons (Fsp3) is 0.500. The lowest BCUT2D eigenvalue weighted by atomic mass is 9.93. The summed E-state index contributed by atoms with van der Waals surface area (Å²) in [6.45, 7) is 6.12. The first-order valence-electron chi connectivity index (χ1n) is 6.25. The predicted octanol–water partition coefficient (Wildman–Crippen LogP) is 2.85. The smallest absolute Gasteiger partial charge is 0.231 e. The van der Waals surface area contributed by atoms with Gasteiger partial charge in [-0.05, 0) is 31.4 Å². The van der Waals surface area contributed by atoms with Crippen molar-refractivity contribution in [3.63, 3.8) is 0 Å². The molecule has 3 nitrogen and oxygen atoms in total. The van der Waals surface area contributed by atoms with Gasteiger partial charge in [-0.3, -0.25) is 4.79 Å². The van der Waals surface area contributed by atoms with Gasteiger partial charge in [0.05, 0.1) is 5.92 Å². The summed E-state index contributed by atoms with van der Waals surface area (Å²) in [7, 11) is 0. The SMILES string of the molecule is CCCC(N)c1cc(C)cc2c1NC(=O)C2C. The van der Waals surface area contributed by atoms with E-state index in [-0.39, 0.29) is 17.9 Å². The Hall–Kier alpha value is -1.35. The van der Waals surface area contributed by atoms with E-state index < -0.39 is 0 Å². The molecule has 0 radical (unpaired) electrons. The first-order valence-corrected chi connectivity index (χ1v) is 6.25. The molecule has 0 bridgehead atoms. The average molecular weight is 232 g/mol. The molecule has 2 rings (SSSR count). The first kappa shape index (κ1) is 12.1. The van der Waals surface area contributed by atoms with E-state index in [0.717, 1.165) is 29.7 Å². The second-order valence-electron chi connectivity index (χ2n) is 4.92. The summed E-state index contributed by atoms with van der Waals surface area (Å²) in [4.78, 5) is 11.7. The second kappa shape index (κ2) is 4.49. The lowest BCUT2D eigenvalue weighted by Crippen LogP contribution is -2.13. The Morgan fingerprint density at radius 3 is 2.82 bits per heavy atom. The summed E-state index contributed by atoms with van der Waals surface area (Å²) in [6, 6.07) is 4.19. The van der Waals surface area contributed by atoms with Crippen LogP contribution < -0.4 is 11.1 Å². The summed E-state index contributed by atoms with van der Waals surface area (Å²) >= 11 is 0. The highest BCUT2D eigenvalue weighted by molar-refractivity contribution is 6.03. The van der Waals surface area contributed by atoms with E-state index in [1.165, 1.54) is 5.56 Å². The number of fused-ring (bicyclic) bond motifs is 1. The molecule has 1 aliphatic heterocycles. The van der Waals surface area contributed by atoms with E-state index in [2.05, 4.69) is 31.3 Å². The first-order chi connectivity index (χ1) is 8.04. The Labute approximate surface area is 102 Å². The van der Waals surface area contributed by atoms with Crippen LogP contribution in [0.3, 0.4) is 0 Å². The highest BCUT2D eigenvalue weighted by Crippen LogP contribution is 2.38. The summed E-state index contributed by atoms with van der Waals surface area (Å²) in [5, 5.41) is 2.96. The lowest BCUT2D eigenvalue weighted by molar-refractivity contribution is -0.116. The molecule has 1 aliphatic rings. The molecule has 0 aliphatic carbocycles. The maximum absolute atomic E-state index is 11.7. The minimum absolute atomic E-state index is 0.0132. The van der Waals surface area contributed by atoms with Crippen LogP contribution in [-0.2, 0) is 4.79 Å². The number of benzene rings is 1. The molecule has 1 aromatic carbocycles. The minimum Gasteiger partial charge on any atom is -0.325 e. The van der Waals surface area contributed by atoms with E-state index in [0.29, 0.717) is 0 Å². The molecule has 0 fully saturated rings. The summed E-state index contributed by atoms with van der Waals surface area (Å²) in [5.41, 5.74) is 10.5. The van der Waals surface area contributed by atoms with Gasteiger partial charge >= 0.3 is 0 Å². The topological polar surface area (TPSA) is 55.1 Å². The Morgan fingerprint density at radius 1 is 1.47 bits per heavy atom. The zero-order valence-corrected chi connectivity index (χ0v) is 10.7. The molecule has 1 amide bonds. The number of hydrogen-bond acceptors (Lipinski definition) is 2. The number of amides is 1. The molecular formula is C14H20N2O. The maximum Gasteiger partial charge on any atom is 0.231 e. The van der Waals surface area contributed by atoms with E-state index in [9.17, 15) is 4.79 Å². The van der Waals surface area contributed by atoms with Crippen molar-refractivity contribution in [3.8, 4) is 0 Å². The van der Waals surface area contributed by atoms with Gasteiger partial charge in [-0.1, -0.05) is 31.0 Å². The van der Waals surface area contributed by atoms with Crippen molar-refractivity contribution in [1.82, 2.24) is 0 Å². The molecular weight excluding hydrogens is 212 g/mol. The van der Waals surface area contributed by atoms with Crippen molar-refractivity contribution in [2.45, 2.75) is 45.6 Å². The summed E-state index contributed by atoms with van der Waals surface area (Å²) < 4.78 is 0. The third-order valence-corrected chi connectivity index (χ3v) is 3.45. The van der Waals surface area contributed by atoms with Crippen molar-refractivity contribution in [3.05, 3.63) is 28.8 Å². The van der Waals surface area contributed by atoms with E-state index in [1.807, 2.05) is 6.92 Å². The van der Waals surface area contributed by atoms with Gasteiger partial charge < -0.3 is 11.1 Å². The van der Waals surface area contributed by atoms with Crippen molar-refractivity contribution in [2.24, 2.45) is 5.73 Å². The monoisotopic (exact) mass is 232 g/mol. The van der Waals surface area contributed by atoms with Crippen LogP contribution in [0.1, 0.15) is 55.3 Å². The lowest BCUT2D eigenvalue weighted by Gasteiger charge is -2.16. The van der Waals surface area contributed by atoms with Gasteiger partial charge in [0.15, 0.2) is 0 Å². The van der Waals surface area contributed by atoms with Gasteiger partial charge in [0.2, 0.25) is 5.91 Å². The number of rotatable bonds is 3. The van der Waals surface area contributed by atoms with E-state index >= 15 is 0 Å². The number of nitrogens with two attached hydrogens (primary N) is 1. The van der Waals surface area contributed by atoms with Gasteiger partial charge in [0, 0.05) is 11.7 Å². The number of carbonyl (C=O) groups is 1. The van der Waals surface area contributed by atoms with Gasteiger partial charge in [0.1, 0.15) is 0 Å². The molecule has 0 aromatic heterocycles. The van der Waals surface area contributed by atoms with Gasteiger partial charge in [-0.2, -0.15) is 0 Å². The molecule has 92 valence electrons. The highest BCUT2D eigenvalue weighted by atomic mass is 16.2. The van der Waals surface area contributed by atoms with Crippen LogP contribution in [0.4, 0.5) is 5.69 Å². The van der Waals surface area contributed by atoms with Gasteiger partial charge in [0.25, 0.3) is 0 Å². The van der Waals surface area contributed by atoms with Crippen LogP contribution >= 0.6 is 0 Å². The van der Waals surface area contributed by atoms with Crippen molar-refractivity contribution < 1.29 is 4.79 Å². The molecule has 0 spiro atoms. The van der Waals surface area contributed by atoms with Crippen LogP contribution in [-0.4, -0.2) is 5.91 Å². The van der Waals surface area contributed by atoms with Crippen molar-refractivity contribution in [2.75, 3.05) is 5.32 Å². The molecule has 1 heterocycles. The quantitative estimate of drug-likeness (QED) is 0.842. The molecule has 3 N–H and O–H groups in total. The molecule has 0 saturated carbocycles. The zero-order valence-electron chi connectivity index (χ0n) is 10.7. The zero-order chi connectivity index (χ0) is 12.6. The molecule has 0 saturated heterocycles. The second-order valence-corrected chi connectivity index (χ2v) is 4.92. The molecule has 2 atom stereocenters. The molecule has 17 heavy (non-hydrogen) atoms. The van der Waals surface area contributed by atoms with Crippen LogP contribution in [0.15, 0.2) is 12.1 Å². The minimum atomic E-state index is -0.0579. The summed E-state index contributed by atoms with van der Waals surface area (Å²) in [5.74, 6) is 0.0213. The molecule has 3 heteroatoms. The number of carbonyl (C=O) groups excluding carboxylic acids is 1. The fourth-order valence-electron chi connectivity index (χ4n) is 2.46. The largest absolute Gasteiger partial charge is 0.325 e. The molecule has 1 aromatic rings. The maximum atomic E-state index is 11.7. The number of hydrogen-bond donors (Lipinski definition) is 2. The third-order valence-electron chi connectivity index (χ3n) is 3.45. The Morgan fingerprint density at radius 2 is 2.18 bits per heavy atom. The van der Waals surface area contributed by atoms with Gasteiger partial charge in [-0.15, -0.1) is 0 Å². The van der Waals surface area contributed by atoms with E-state index in [4.69, 9.17) is 5.73 Å². The van der Waals surface area contributed by atoms with Crippen LogP contribution in [0.2, 0.25) is 0 Å². The Balaban J connectivity index is 2.48. The fourth-order valence-corrected chi connectivity index (χ4v) is 2.46. The number of nitrogens with one attached hydrogen (secondary N) is 1. The summed E-state index contributed by atoms with van der Waals surface area (Å²) in [6.07, 6.45) is 1.99.